The number of H-pyrrole nitrogens is 1. The molecule has 3 aromatic heterocycles. The van der Waals surface area contributed by atoms with E-state index in [-0.39, 0.29) is 17.1 Å². The molecule has 0 saturated heterocycles. The maximum absolute atomic E-state index is 13.1. The fourth-order valence-corrected chi connectivity index (χ4v) is 3.40. The quantitative estimate of drug-likeness (QED) is 0.352. The third kappa shape index (κ3) is 4.43. The molecular formula is C24H26N6O3. The van der Waals surface area contributed by atoms with Crippen LogP contribution in [0, 0.1) is 6.92 Å². The zero-order valence-electron chi connectivity index (χ0n) is 19.2. The molecule has 9 nitrogen and oxygen atoms in total. The second-order valence-electron chi connectivity index (χ2n) is 8.80. The number of nitrogens with one attached hydrogen (secondary N) is 4. The van der Waals surface area contributed by atoms with Crippen molar-refractivity contribution in [1.82, 2.24) is 15.1 Å². The Morgan fingerprint density at radius 3 is 2.55 bits per heavy atom. The van der Waals surface area contributed by atoms with Crippen LogP contribution in [0.4, 0.5) is 17.1 Å². The van der Waals surface area contributed by atoms with Crippen LogP contribution in [0.2, 0.25) is 0 Å². The molecule has 0 fully saturated rings. The van der Waals surface area contributed by atoms with E-state index in [1.165, 1.54) is 6.20 Å². The van der Waals surface area contributed by atoms with Crippen molar-refractivity contribution in [2.24, 2.45) is 0 Å². The van der Waals surface area contributed by atoms with Gasteiger partial charge in [-0.05, 0) is 30.7 Å². The van der Waals surface area contributed by atoms with Crippen LogP contribution in [0.1, 0.15) is 52.9 Å². The lowest BCUT2D eigenvalue weighted by molar-refractivity contribution is 0.0986. The Kier molecular flexibility index (Phi) is 5.63. The molecule has 3 heterocycles. The lowest BCUT2D eigenvalue weighted by Crippen LogP contribution is -2.16. The van der Waals surface area contributed by atoms with Crippen molar-refractivity contribution in [2.75, 3.05) is 23.0 Å². The molecule has 0 aliphatic heterocycles. The van der Waals surface area contributed by atoms with Crippen LogP contribution in [0.3, 0.4) is 0 Å². The van der Waals surface area contributed by atoms with E-state index in [2.05, 4.69) is 31.1 Å². The standard InChI is InChI=1S/C24H26N6O3/c1-13-6-7-14(28-23(32)18-11-19(30-33-18)24(2,3)4)10-17(13)29-22(31)16-12-27-21-15(8-9-26-21)20(16)25-5/h6-12H,1-5H3,(H,28,32)(H,29,31)(H2,25,26,27). The smallest absolute Gasteiger partial charge is 0.294 e. The summed E-state index contributed by atoms with van der Waals surface area (Å²) >= 11 is 0. The summed E-state index contributed by atoms with van der Waals surface area (Å²) in [7, 11) is 1.76. The van der Waals surface area contributed by atoms with Crippen LogP contribution in [-0.2, 0) is 5.41 Å². The summed E-state index contributed by atoms with van der Waals surface area (Å²) in [6, 6.07) is 8.78. The first-order valence-electron chi connectivity index (χ1n) is 10.5. The highest BCUT2D eigenvalue weighted by Crippen LogP contribution is 2.27. The largest absolute Gasteiger partial charge is 0.387 e. The summed E-state index contributed by atoms with van der Waals surface area (Å²) in [6.45, 7) is 7.85. The third-order valence-electron chi connectivity index (χ3n) is 5.33. The number of anilines is 3. The summed E-state index contributed by atoms with van der Waals surface area (Å²) in [5.74, 6) is -0.610. The Morgan fingerprint density at radius 1 is 1.06 bits per heavy atom. The highest BCUT2D eigenvalue weighted by molar-refractivity contribution is 6.12. The van der Waals surface area contributed by atoms with E-state index in [4.69, 9.17) is 4.52 Å². The molecule has 0 saturated carbocycles. The summed E-state index contributed by atoms with van der Waals surface area (Å²) in [5.41, 5.74) is 4.18. The molecule has 4 aromatic rings. The molecule has 2 amide bonds. The normalized spacial score (nSPS) is 11.4. The van der Waals surface area contributed by atoms with Gasteiger partial charge in [-0.15, -0.1) is 0 Å². The number of pyridine rings is 1. The average molecular weight is 447 g/mol. The Bertz CT molecular complexity index is 1350. The lowest BCUT2D eigenvalue weighted by atomic mass is 9.92. The van der Waals surface area contributed by atoms with Gasteiger partial charge in [-0.1, -0.05) is 32.0 Å². The second kappa shape index (κ2) is 8.42. The van der Waals surface area contributed by atoms with Gasteiger partial charge in [0.25, 0.3) is 11.8 Å². The number of hydrogen-bond acceptors (Lipinski definition) is 6. The zero-order chi connectivity index (χ0) is 23.8. The van der Waals surface area contributed by atoms with Crippen molar-refractivity contribution in [3.8, 4) is 0 Å². The maximum Gasteiger partial charge on any atom is 0.294 e. The van der Waals surface area contributed by atoms with E-state index >= 15 is 0 Å². The first-order valence-corrected chi connectivity index (χ1v) is 10.5. The number of fused-ring (bicyclic) bond motifs is 1. The molecule has 0 spiro atoms. The first-order chi connectivity index (χ1) is 15.7. The minimum Gasteiger partial charge on any atom is -0.387 e. The van der Waals surface area contributed by atoms with Gasteiger partial charge in [0, 0.05) is 47.7 Å². The maximum atomic E-state index is 13.1. The molecule has 0 unspecified atom stereocenters. The molecule has 4 N–H and O–H groups in total. The predicted molar refractivity (Wildman–Crippen MR) is 128 cm³/mol. The fraction of sp³-hybridized carbons (Fsp3) is 0.250. The van der Waals surface area contributed by atoms with Gasteiger partial charge >= 0.3 is 0 Å². The Labute approximate surface area is 191 Å². The van der Waals surface area contributed by atoms with Crippen molar-refractivity contribution in [3.63, 3.8) is 0 Å². The van der Waals surface area contributed by atoms with E-state index in [0.29, 0.717) is 34.0 Å². The second-order valence-corrected chi connectivity index (χ2v) is 8.80. The Balaban J connectivity index is 1.55. The van der Waals surface area contributed by atoms with E-state index in [1.54, 1.807) is 31.4 Å². The monoisotopic (exact) mass is 446 g/mol. The number of benzene rings is 1. The topological polar surface area (TPSA) is 125 Å². The van der Waals surface area contributed by atoms with Crippen LogP contribution >= 0.6 is 0 Å². The first kappa shape index (κ1) is 22.1. The summed E-state index contributed by atoms with van der Waals surface area (Å²) < 4.78 is 5.21. The fourth-order valence-electron chi connectivity index (χ4n) is 3.40. The van der Waals surface area contributed by atoms with Crippen LogP contribution in [0.5, 0.6) is 0 Å². The molecule has 9 heteroatoms. The van der Waals surface area contributed by atoms with Gasteiger partial charge in [0.2, 0.25) is 5.76 Å². The van der Waals surface area contributed by atoms with Crippen molar-refractivity contribution in [2.45, 2.75) is 33.1 Å². The minimum absolute atomic E-state index is 0.121. The van der Waals surface area contributed by atoms with E-state index in [9.17, 15) is 9.59 Å². The van der Waals surface area contributed by atoms with Crippen molar-refractivity contribution in [3.05, 3.63) is 65.3 Å². The SMILES string of the molecule is CNc1c(C(=O)Nc2cc(NC(=O)c3cc(C(C)(C)C)no3)ccc2C)cnc2[nH]ccc12. The number of amides is 2. The molecule has 0 bridgehead atoms. The molecule has 0 aliphatic carbocycles. The summed E-state index contributed by atoms with van der Waals surface area (Å²) in [6.07, 6.45) is 3.30. The van der Waals surface area contributed by atoms with Gasteiger partial charge in [0.05, 0.1) is 16.9 Å². The van der Waals surface area contributed by atoms with Crippen LogP contribution in [0.25, 0.3) is 11.0 Å². The van der Waals surface area contributed by atoms with Gasteiger partial charge in [-0.25, -0.2) is 4.98 Å². The van der Waals surface area contributed by atoms with Crippen molar-refractivity contribution in [1.29, 1.82) is 0 Å². The van der Waals surface area contributed by atoms with Gasteiger partial charge in [0.1, 0.15) is 5.65 Å². The highest BCUT2D eigenvalue weighted by Gasteiger charge is 2.22. The number of aromatic nitrogens is 3. The molecule has 33 heavy (non-hydrogen) atoms. The third-order valence-corrected chi connectivity index (χ3v) is 5.33. The number of aryl methyl sites for hydroxylation is 1. The predicted octanol–water partition coefficient (Wildman–Crippen LogP) is 4.70. The number of rotatable bonds is 5. The van der Waals surface area contributed by atoms with Crippen LogP contribution in [0.15, 0.2) is 47.2 Å². The van der Waals surface area contributed by atoms with E-state index in [1.807, 2.05) is 39.8 Å². The average Bonchev–Trinajstić information content (AvgIpc) is 3.44. The van der Waals surface area contributed by atoms with Gasteiger partial charge in [0.15, 0.2) is 0 Å². The van der Waals surface area contributed by atoms with Gasteiger partial charge in [-0.3, -0.25) is 9.59 Å². The Morgan fingerprint density at radius 2 is 1.85 bits per heavy atom. The highest BCUT2D eigenvalue weighted by atomic mass is 16.5. The molecule has 0 atom stereocenters. The molecule has 1 aromatic carbocycles. The van der Waals surface area contributed by atoms with E-state index in [0.717, 1.165) is 10.9 Å². The van der Waals surface area contributed by atoms with Crippen LogP contribution in [-0.4, -0.2) is 34.0 Å². The van der Waals surface area contributed by atoms with Crippen LogP contribution < -0.4 is 16.0 Å². The number of hydrogen-bond donors (Lipinski definition) is 4. The zero-order valence-corrected chi connectivity index (χ0v) is 19.2. The minimum atomic E-state index is -0.418. The van der Waals surface area contributed by atoms with E-state index < -0.39 is 5.91 Å². The molecule has 170 valence electrons. The van der Waals surface area contributed by atoms with Gasteiger partial charge < -0.3 is 25.5 Å². The summed E-state index contributed by atoms with van der Waals surface area (Å²) in [4.78, 5) is 33.0. The number of aromatic amines is 1. The molecule has 4 rings (SSSR count). The molecule has 0 radical (unpaired) electrons. The van der Waals surface area contributed by atoms with Crippen molar-refractivity contribution < 1.29 is 14.1 Å². The Hall–Kier alpha value is -4.14. The number of carbonyl (C=O) groups is 2. The summed E-state index contributed by atoms with van der Waals surface area (Å²) in [5, 5.41) is 13.6. The molecule has 0 aliphatic rings. The number of carbonyl (C=O) groups excluding carboxylic acids is 2. The number of nitrogens with zero attached hydrogens (tertiary/aromatic N) is 2. The lowest BCUT2D eigenvalue weighted by Gasteiger charge is -2.13. The molecular weight excluding hydrogens is 420 g/mol. The van der Waals surface area contributed by atoms with Crippen molar-refractivity contribution >= 4 is 39.9 Å². The van der Waals surface area contributed by atoms with Gasteiger partial charge in [-0.2, -0.15) is 0 Å².